The van der Waals surface area contributed by atoms with E-state index in [0.717, 1.165) is 25.7 Å². The van der Waals surface area contributed by atoms with Crippen molar-refractivity contribution in [2.45, 2.75) is 51.4 Å². The third-order valence-electron chi connectivity index (χ3n) is 6.95. The van der Waals surface area contributed by atoms with Crippen molar-refractivity contribution in [2.24, 2.45) is 5.92 Å². The first-order valence-corrected chi connectivity index (χ1v) is 13.2. The minimum Gasteiger partial charge on any atom is -0.469 e. The number of hydrogen-bond donors (Lipinski definition) is 2. The van der Waals surface area contributed by atoms with Crippen LogP contribution in [0.2, 0.25) is 5.02 Å². The number of carbonyl (C=O) groups is 3. The van der Waals surface area contributed by atoms with Crippen LogP contribution >= 0.6 is 11.6 Å². The van der Waals surface area contributed by atoms with Gasteiger partial charge in [-0.2, -0.15) is 0 Å². The molecular formula is C29H32ClN3O5. The van der Waals surface area contributed by atoms with E-state index in [1.54, 1.807) is 25.1 Å². The molecule has 2 N–H and O–H groups in total. The molecule has 2 aromatic carbocycles. The summed E-state index contributed by atoms with van der Waals surface area (Å²) in [6.45, 7) is 1.82. The molecule has 0 atom stereocenters. The zero-order valence-electron chi connectivity index (χ0n) is 21.6. The number of nitrogens with zero attached hydrogens (tertiary/aromatic N) is 1. The number of oxazole rings is 1. The number of hydrogen-bond acceptors (Lipinski definition) is 6. The lowest BCUT2D eigenvalue weighted by atomic mass is 9.77. The first-order chi connectivity index (χ1) is 18.3. The number of ether oxygens (including phenoxy) is 1. The first-order valence-electron chi connectivity index (χ1n) is 12.8. The highest BCUT2D eigenvalue weighted by molar-refractivity contribution is 6.33. The molecular weight excluding hydrogens is 506 g/mol. The maximum Gasteiger partial charge on any atom is 0.305 e. The second-order valence-electron chi connectivity index (χ2n) is 9.58. The molecule has 0 radical (unpaired) electrons. The standard InChI is InChI=1S/C29H32ClN3O5/c1-18-27(33-29(38-18)23-5-3-4-6-24(23)30)28(36)31-16-15-25(34)32-22-13-11-21(12-14-22)20-9-7-19(8-10-20)17-26(35)37-2/h3-6,11-14,19-20H,7-10,15-17H2,1-2H3,(H,31,36)(H,32,34)/t19-,20-. The van der Waals surface area contributed by atoms with Crippen LogP contribution in [0.5, 0.6) is 0 Å². The number of aryl methyl sites for hydroxylation is 1. The van der Waals surface area contributed by atoms with Crippen molar-refractivity contribution in [1.29, 1.82) is 0 Å². The first kappa shape index (κ1) is 27.4. The van der Waals surface area contributed by atoms with Gasteiger partial charge in [0.15, 0.2) is 5.69 Å². The molecule has 38 heavy (non-hydrogen) atoms. The molecule has 0 unspecified atom stereocenters. The monoisotopic (exact) mass is 537 g/mol. The smallest absolute Gasteiger partial charge is 0.305 e. The van der Waals surface area contributed by atoms with Gasteiger partial charge in [-0.15, -0.1) is 0 Å². The Hall–Kier alpha value is -3.65. The van der Waals surface area contributed by atoms with E-state index < -0.39 is 5.91 Å². The molecule has 8 nitrogen and oxygen atoms in total. The van der Waals surface area contributed by atoms with Crippen LogP contribution in [0.25, 0.3) is 11.5 Å². The minimum atomic E-state index is -0.414. The summed E-state index contributed by atoms with van der Waals surface area (Å²) in [6.07, 6.45) is 4.72. The number of nitrogens with one attached hydrogen (secondary N) is 2. The fourth-order valence-corrected chi connectivity index (χ4v) is 5.03. The number of esters is 1. The molecule has 0 spiro atoms. The van der Waals surface area contributed by atoms with Gasteiger partial charge in [-0.3, -0.25) is 14.4 Å². The van der Waals surface area contributed by atoms with Gasteiger partial charge in [-0.1, -0.05) is 35.9 Å². The van der Waals surface area contributed by atoms with Crippen LogP contribution in [0.3, 0.4) is 0 Å². The van der Waals surface area contributed by atoms with Crippen molar-refractivity contribution >= 4 is 35.1 Å². The SMILES string of the molecule is COC(=O)C[C@H]1CC[C@H](c2ccc(NC(=O)CCNC(=O)c3nc(-c4ccccc4Cl)oc3C)cc2)CC1. The zero-order chi connectivity index (χ0) is 27.1. The van der Waals surface area contributed by atoms with Crippen LogP contribution in [0.4, 0.5) is 5.69 Å². The van der Waals surface area contributed by atoms with E-state index in [2.05, 4.69) is 15.6 Å². The molecule has 2 amide bonds. The Balaban J connectivity index is 1.22. The summed E-state index contributed by atoms with van der Waals surface area (Å²) in [6, 6.07) is 15.0. The van der Waals surface area contributed by atoms with Gasteiger partial charge in [0.25, 0.3) is 5.91 Å². The Morgan fingerprint density at radius 3 is 2.45 bits per heavy atom. The number of carbonyl (C=O) groups excluding carboxylic acids is 3. The van der Waals surface area contributed by atoms with Crippen molar-refractivity contribution < 1.29 is 23.5 Å². The second-order valence-corrected chi connectivity index (χ2v) is 9.98. The molecule has 0 aliphatic heterocycles. The summed E-state index contributed by atoms with van der Waals surface area (Å²) < 4.78 is 10.4. The molecule has 200 valence electrons. The molecule has 1 aromatic heterocycles. The minimum absolute atomic E-state index is 0.117. The van der Waals surface area contributed by atoms with E-state index in [0.29, 0.717) is 40.3 Å². The van der Waals surface area contributed by atoms with E-state index in [-0.39, 0.29) is 36.4 Å². The van der Waals surface area contributed by atoms with E-state index in [9.17, 15) is 14.4 Å². The third kappa shape index (κ3) is 7.01. The molecule has 1 aliphatic rings. The lowest BCUT2D eigenvalue weighted by molar-refractivity contribution is -0.142. The van der Waals surface area contributed by atoms with E-state index in [1.165, 1.54) is 12.7 Å². The predicted molar refractivity (Wildman–Crippen MR) is 145 cm³/mol. The lowest BCUT2D eigenvalue weighted by Crippen LogP contribution is -2.28. The van der Waals surface area contributed by atoms with Gasteiger partial charge >= 0.3 is 5.97 Å². The van der Waals surface area contributed by atoms with Crippen LogP contribution in [0.15, 0.2) is 52.9 Å². The van der Waals surface area contributed by atoms with Crippen LogP contribution in [-0.4, -0.2) is 36.4 Å². The van der Waals surface area contributed by atoms with Gasteiger partial charge in [-0.25, -0.2) is 4.98 Å². The fourth-order valence-electron chi connectivity index (χ4n) is 4.81. The molecule has 0 saturated heterocycles. The maximum atomic E-state index is 12.6. The zero-order valence-corrected chi connectivity index (χ0v) is 22.3. The lowest BCUT2D eigenvalue weighted by Gasteiger charge is -2.28. The van der Waals surface area contributed by atoms with Gasteiger partial charge in [0.2, 0.25) is 11.8 Å². The summed E-state index contributed by atoms with van der Waals surface area (Å²) >= 11 is 6.20. The summed E-state index contributed by atoms with van der Waals surface area (Å²) in [5.41, 5.74) is 2.72. The van der Waals surface area contributed by atoms with Crippen LogP contribution in [0.1, 0.15) is 66.3 Å². The molecule has 1 heterocycles. The summed E-state index contributed by atoms with van der Waals surface area (Å²) in [5, 5.41) is 6.08. The fraction of sp³-hybridized carbons (Fsp3) is 0.379. The Labute approximate surface area is 227 Å². The molecule has 1 fully saturated rings. The average Bonchev–Trinajstić information content (AvgIpc) is 3.31. The highest BCUT2D eigenvalue weighted by atomic mass is 35.5. The number of methoxy groups -OCH3 is 1. The predicted octanol–water partition coefficient (Wildman–Crippen LogP) is 5.90. The Bertz CT molecular complexity index is 1280. The topological polar surface area (TPSA) is 111 Å². The summed E-state index contributed by atoms with van der Waals surface area (Å²) in [7, 11) is 1.43. The molecule has 3 aromatic rings. The number of rotatable bonds is 9. The van der Waals surface area contributed by atoms with Crippen molar-refractivity contribution in [1.82, 2.24) is 10.3 Å². The Morgan fingerprint density at radius 2 is 1.76 bits per heavy atom. The number of benzene rings is 2. The highest BCUT2D eigenvalue weighted by Crippen LogP contribution is 2.37. The van der Waals surface area contributed by atoms with Crippen LogP contribution in [-0.2, 0) is 14.3 Å². The molecule has 0 bridgehead atoms. The molecule has 9 heteroatoms. The largest absolute Gasteiger partial charge is 0.469 e. The van der Waals surface area contributed by atoms with Crippen molar-refractivity contribution in [2.75, 3.05) is 19.0 Å². The maximum absolute atomic E-state index is 12.6. The second kappa shape index (κ2) is 12.7. The van der Waals surface area contributed by atoms with E-state index >= 15 is 0 Å². The van der Waals surface area contributed by atoms with E-state index in [4.69, 9.17) is 20.8 Å². The molecule has 1 aliphatic carbocycles. The number of anilines is 1. The number of amides is 2. The third-order valence-corrected chi connectivity index (χ3v) is 7.28. The molecule has 4 rings (SSSR count). The highest BCUT2D eigenvalue weighted by Gasteiger charge is 2.24. The van der Waals surface area contributed by atoms with Gasteiger partial charge in [0.05, 0.1) is 17.7 Å². The van der Waals surface area contributed by atoms with Crippen LogP contribution in [0, 0.1) is 12.8 Å². The van der Waals surface area contributed by atoms with Crippen molar-refractivity contribution in [3.63, 3.8) is 0 Å². The Kier molecular flexibility index (Phi) is 9.18. The normalized spacial score (nSPS) is 17.0. The van der Waals surface area contributed by atoms with Crippen molar-refractivity contribution in [3.05, 3.63) is 70.6 Å². The molecule has 1 saturated carbocycles. The number of aromatic nitrogens is 1. The van der Waals surface area contributed by atoms with Gasteiger partial charge < -0.3 is 19.8 Å². The van der Waals surface area contributed by atoms with E-state index in [1.807, 2.05) is 30.3 Å². The quantitative estimate of drug-likeness (QED) is 0.329. The summed E-state index contributed by atoms with van der Waals surface area (Å²) in [4.78, 5) is 40.8. The van der Waals surface area contributed by atoms with Crippen LogP contribution < -0.4 is 10.6 Å². The van der Waals surface area contributed by atoms with Gasteiger partial charge in [0.1, 0.15) is 5.76 Å². The van der Waals surface area contributed by atoms with Gasteiger partial charge in [-0.05, 0) is 74.3 Å². The average molecular weight is 538 g/mol. The van der Waals surface area contributed by atoms with Crippen molar-refractivity contribution in [3.8, 4) is 11.5 Å². The number of halogens is 1. The van der Waals surface area contributed by atoms with Gasteiger partial charge in [0, 0.05) is 25.1 Å². The summed E-state index contributed by atoms with van der Waals surface area (Å²) in [5.74, 6) is 0.757. The Morgan fingerprint density at radius 1 is 1.05 bits per heavy atom.